The summed E-state index contributed by atoms with van der Waals surface area (Å²) in [4.78, 5) is 42.5. The topological polar surface area (TPSA) is 67.6 Å². The molecule has 0 saturated carbocycles. The van der Waals surface area contributed by atoms with Crippen LogP contribution in [-0.2, 0) is 17.9 Å². The molecule has 1 aliphatic rings. The summed E-state index contributed by atoms with van der Waals surface area (Å²) in [5.74, 6) is -0.115. The van der Waals surface area contributed by atoms with Crippen molar-refractivity contribution in [2.75, 3.05) is 32.7 Å². The van der Waals surface area contributed by atoms with Gasteiger partial charge in [0.2, 0.25) is 5.91 Å². The third kappa shape index (κ3) is 3.94. The number of nitrogens with zero attached hydrogens (tertiary/aromatic N) is 4. The van der Waals surface area contributed by atoms with Gasteiger partial charge in [-0.3, -0.25) is 18.7 Å². The highest BCUT2D eigenvalue weighted by Crippen LogP contribution is 2.16. The Kier molecular flexibility index (Phi) is 6.01. The van der Waals surface area contributed by atoms with Crippen molar-refractivity contribution in [3.05, 3.63) is 44.1 Å². The third-order valence-corrected chi connectivity index (χ3v) is 5.34. The molecule has 0 spiro atoms. The molecule has 2 heterocycles. The minimum Gasteiger partial charge on any atom is -0.339 e. The van der Waals surface area contributed by atoms with Crippen LogP contribution in [0.4, 0.5) is 0 Å². The van der Waals surface area contributed by atoms with Crippen LogP contribution >= 0.6 is 11.6 Å². The first-order chi connectivity index (χ1) is 13.0. The van der Waals surface area contributed by atoms with E-state index in [4.69, 9.17) is 11.6 Å². The minimum atomic E-state index is -0.461. The van der Waals surface area contributed by atoms with Gasteiger partial charge in [0.25, 0.3) is 5.56 Å². The van der Waals surface area contributed by atoms with E-state index < -0.39 is 5.69 Å². The molecule has 1 aliphatic heterocycles. The van der Waals surface area contributed by atoms with Gasteiger partial charge in [0.1, 0.15) is 6.54 Å². The van der Waals surface area contributed by atoms with Crippen molar-refractivity contribution in [3.8, 4) is 0 Å². The van der Waals surface area contributed by atoms with Gasteiger partial charge in [-0.05, 0) is 31.2 Å². The number of carbonyl (C=O) groups excluding carboxylic acids is 1. The number of halogens is 1. The molecule has 3 rings (SSSR count). The van der Waals surface area contributed by atoms with E-state index in [0.717, 1.165) is 19.6 Å². The number of amides is 1. The molecule has 0 unspecified atom stereocenters. The number of aromatic nitrogens is 2. The monoisotopic (exact) mass is 392 g/mol. The van der Waals surface area contributed by atoms with Gasteiger partial charge in [0.05, 0.1) is 10.9 Å². The van der Waals surface area contributed by atoms with Crippen molar-refractivity contribution in [2.45, 2.75) is 33.4 Å². The maximum Gasteiger partial charge on any atom is 0.331 e. The first-order valence-corrected chi connectivity index (χ1v) is 9.77. The molecule has 1 aromatic heterocycles. The molecule has 1 aromatic carbocycles. The van der Waals surface area contributed by atoms with Crippen molar-refractivity contribution < 1.29 is 4.79 Å². The second-order valence-corrected chi connectivity index (χ2v) is 7.24. The van der Waals surface area contributed by atoms with E-state index >= 15 is 0 Å². The van der Waals surface area contributed by atoms with Crippen LogP contribution in [0.25, 0.3) is 10.9 Å². The lowest BCUT2D eigenvalue weighted by molar-refractivity contribution is -0.133. The normalized spacial score (nSPS) is 15.4. The molecule has 0 atom stereocenters. The Morgan fingerprint density at radius 1 is 1.07 bits per heavy atom. The molecule has 1 saturated heterocycles. The van der Waals surface area contributed by atoms with Gasteiger partial charge in [-0.1, -0.05) is 25.4 Å². The van der Waals surface area contributed by atoms with Crippen LogP contribution in [0.5, 0.6) is 0 Å². The lowest BCUT2D eigenvalue weighted by Crippen LogP contribution is -2.50. The molecule has 0 radical (unpaired) electrons. The molecule has 1 fully saturated rings. The molecule has 8 heteroatoms. The maximum absolute atomic E-state index is 12.9. The number of fused-ring (bicyclic) bond motifs is 1. The largest absolute Gasteiger partial charge is 0.339 e. The van der Waals surface area contributed by atoms with E-state index in [1.54, 1.807) is 23.1 Å². The number of rotatable bonds is 5. The summed E-state index contributed by atoms with van der Waals surface area (Å²) in [6.07, 6.45) is 0.654. The van der Waals surface area contributed by atoms with Crippen LogP contribution in [0.15, 0.2) is 27.8 Å². The number of likely N-dealkylation sites (N-methyl/N-ethyl adjacent to an activating group) is 1. The average molecular weight is 393 g/mol. The fraction of sp³-hybridized carbons (Fsp3) is 0.526. The standard InChI is InChI=1S/C19H25ClN4O3/c1-3-7-23-18(26)15-6-5-14(20)12-16(15)24(19(23)27)13-17(25)22-10-8-21(4-2)9-11-22/h5-6,12H,3-4,7-11,13H2,1-2H3. The van der Waals surface area contributed by atoms with Gasteiger partial charge in [0.15, 0.2) is 0 Å². The quantitative estimate of drug-likeness (QED) is 0.771. The molecule has 0 aliphatic carbocycles. The fourth-order valence-electron chi connectivity index (χ4n) is 3.51. The smallest absolute Gasteiger partial charge is 0.331 e. The Morgan fingerprint density at radius 2 is 1.78 bits per heavy atom. The Hall–Kier alpha value is -2.12. The highest BCUT2D eigenvalue weighted by Gasteiger charge is 2.22. The number of carbonyl (C=O) groups is 1. The van der Waals surface area contributed by atoms with Crippen LogP contribution in [0.2, 0.25) is 5.02 Å². The lowest BCUT2D eigenvalue weighted by atomic mass is 10.2. The zero-order chi connectivity index (χ0) is 19.6. The summed E-state index contributed by atoms with van der Waals surface area (Å²) in [7, 11) is 0. The molecule has 27 heavy (non-hydrogen) atoms. The zero-order valence-corrected chi connectivity index (χ0v) is 16.5. The zero-order valence-electron chi connectivity index (χ0n) is 15.8. The Balaban J connectivity index is 2.00. The number of hydrogen-bond acceptors (Lipinski definition) is 4. The van der Waals surface area contributed by atoms with E-state index in [1.165, 1.54) is 9.13 Å². The highest BCUT2D eigenvalue weighted by atomic mass is 35.5. The van der Waals surface area contributed by atoms with E-state index in [-0.39, 0.29) is 18.0 Å². The Bertz CT molecular complexity index is 958. The number of hydrogen-bond donors (Lipinski definition) is 0. The molecule has 0 N–H and O–H groups in total. The third-order valence-electron chi connectivity index (χ3n) is 5.10. The van der Waals surface area contributed by atoms with E-state index in [9.17, 15) is 14.4 Å². The predicted octanol–water partition coefficient (Wildman–Crippen LogP) is 1.39. The van der Waals surface area contributed by atoms with Gasteiger partial charge in [-0.25, -0.2) is 4.79 Å². The average Bonchev–Trinajstić information content (AvgIpc) is 2.68. The van der Waals surface area contributed by atoms with Gasteiger partial charge in [-0.15, -0.1) is 0 Å². The summed E-state index contributed by atoms with van der Waals surface area (Å²) in [6, 6.07) is 4.83. The Labute approximate surface area is 162 Å². The SMILES string of the molecule is CCCn1c(=O)c2ccc(Cl)cc2n(CC(=O)N2CCN(CC)CC2)c1=O. The minimum absolute atomic E-state index is 0.0915. The van der Waals surface area contributed by atoms with Gasteiger partial charge in [-0.2, -0.15) is 0 Å². The maximum atomic E-state index is 12.9. The van der Waals surface area contributed by atoms with Crippen LogP contribution in [-0.4, -0.2) is 57.6 Å². The van der Waals surface area contributed by atoms with Crippen molar-refractivity contribution in [2.24, 2.45) is 0 Å². The van der Waals surface area contributed by atoms with Gasteiger partial charge < -0.3 is 9.80 Å². The van der Waals surface area contributed by atoms with Gasteiger partial charge in [0, 0.05) is 37.7 Å². The predicted molar refractivity (Wildman–Crippen MR) is 106 cm³/mol. The lowest BCUT2D eigenvalue weighted by Gasteiger charge is -2.34. The molecular weight excluding hydrogens is 368 g/mol. The van der Waals surface area contributed by atoms with Crippen LogP contribution in [0, 0.1) is 0 Å². The molecule has 1 amide bonds. The Morgan fingerprint density at radius 3 is 2.41 bits per heavy atom. The van der Waals surface area contributed by atoms with Crippen molar-refractivity contribution in [1.82, 2.24) is 18.9 Å². The summed E-state index contributed by atoms with van der Waals surface area (Å²) in [5, 5.41) is 0.823. The van der Waals surface area contributed by atoms with Crippen molar-refractivity contribution in [3.63, 3.8) is 0 Å². The van der Waals surface area contributed by atoms with Crippen LogP contribution < -0.4 is 11.2 Å². The van der Waals surface area contributed by atoms with E-state index in [0.29, 0.717) is 42.0 Å². The van der Waals surface area contributed by atoms with Gasteiger partial charge >= 0.3 is 5.69 Å². The van der Waals surface area contributed by atoms with E-state index in [1.807, 2.05) is 6.92 Å². The van der Waals surface area contributed by atoms with Crippen LogP contribution in [0.3, 0.4) is 0 Å². The summed E-state index contributed by atoms with van der Waals surface area (Å²) in [5.41, 5.74) is -0.392. The first-order valence-electron chi connectivity index (χ1n) is 9.39. The molecular formula is C19H25ClN4O3. The summed E-state index contributed by atoms with van der Waals surface area (Å²) in [6.45, 7) is 8.16. The first kappa shape index (κ1) is 19.6. The molecule has 0 bridgehead atoms. The number of benzene rings is 1. The van der Waals surface area contributed by atoms with E-state index in [2.05, 4.69) is 11.8 Å². The molecule has 7 nitrogen and oxygen atoms in total. The summed E-state index contributed by atoms with van der Waals surface area (Å²) < 4.78 is 2.59. The number of piperazine rings is 1. The van der Waals surface area contributed by atoms with Crippen LogP contribution in [0.1, 0.15) is 20.3 Å². The van der Waals surface area contributed by atoms with Crippen molar-refractivity contribution >= 4 is 28.4 Å². The highest BCUT2D eigenvalue weighted by molar-refractivity contribution is 6.31. The fourth-order valence-corrected chi connectivity index (χ4v) is 3.68. The molecule has 2 aromatic rings. The van der Waals surface area contributed by atoms with Crippen molar-refractivity contribution in [1.29, 1.82) is 0 Å². The second-order valence-electron chi connectivity index (χ2n) is 6.80. The summed E-state index contributed by atoms with van der Waals surface area (Å²) >= 11 is 6.09. The molecule has 146 valence electrons. The second kappa shape index (κ2) is 8.27.